The Hall–Kier alpha value is -2.32. The first-order chi connectivity index (χ1) is 9.14. The molecule has 0 aliphatic carbocycles. The molecule has 6 nitrogen and oxygen atoms in total. The van der Waals surface area contributed by atoms with Gasteiger partial charge in [-0.25, -0.2) is 4.79 Å². The van der Waals surface area contributed by atoms with Gasteiger partial charge >= 0.3 is 12.1 Å². The molecular weight excluding hydrogens is 279 g/mol. The molecule has 0 aliphatic rings. The van der Waals surface area contributed by atoms with Crippen LogP contribution >= 0.6 is 0 Å². The van der Waals surface area contributed by atoms with Gasteiger partial charge in [-0.2, -0.15) is 18.3 Å². The van der Waals surface area contributed by atoms with Gasteiger partial charge < -0.3 is 5.11 Å². The van der Waals surface area contributed by atoms with Crippen LogP contribution in [-0.2, 0) is 18.0 Å². The van der Waals surface area contributed by atoms with Crippen molar-refractivity contribution in [1.82, 2.24) is 14.3 Å². The van der Waals surface area contributed by atoms with E-state index in [0.717, 1.165) is 15.4 Å². The number of aromatic nitrogens is 3. The summed E-state index contributed by atoms with van der Waals surface area (Å²) in [5.41, 5.74) is -2.34. The molecule has 9 heteroatoms. The summed E-state index contributed by atoms with van der Waals surface area (Å²) < 4.78 is 40.5. The molecule has 0 amide bonds. The number of halogens is 3. The molecule has 2 rings (SSSR count). The van der Waals surface area contributed by atoms with Crippen LogP contribution in [0, 0.1) is 0 Å². The number of nitrogens with zero attached hydrogens (tertiary/aromatic N) is 3. The number of pyridine rings is 1. The van der Waals surface area contributed by atoms with E-state index in [1.807, 2.05) is 0 Å². The largest absolute Gasteiger partial charge is 0.480 e. The molecule has 20 heavy (non-hydrogen) atoms. The summed E-state index contributed by atoms with van der Waals surface area (Å²) in [6, 6.07) is -0.911. The standard InChI is InChI=1S/C11H10F3N3O3/c1-5(10(19)20)17-8(18)3-7(11(12,13)14)6-4-15-16(2)9(6)17/h3-5H,1-2H3,(H,19,20). The van der Waals surface area contributed by atoms with Crippen molar-refractivity contribution in [3.05, 3.63) is 28.2 Å². The average Bonchev–Trinajstić information content (AvgIpc) is 2.68. The highest BCUT2D eigenvalue weighted by atomic mass is 19.4. The van der Waals surface area contributed by atoms with Gasteiger partial charge in [0.2, 0.25) is 0 Å². The lowest BCUT2D eigenvalue weighted by Crippen LogP contribution is -2.30. The molecule has 1 unspecified atom stereocenters. The summed E-state index contributed by atoms with van der Waals surface area (Å²) in [7, 11) is 1.34. The number of fused-ring (bicyclic) bond motifs is 1. The number of aryl methyl sites for hydroxylation is 1. The number of alkyl halides is 3. The van der Waals surface area contributed by atoms with Crippen molar-refractivity contribution in [2.45, 2.75) is 19.1 Å². The minimum Gasteiger partial charge on any atom is -0.480 e. The summed E-state index contributed by atoms with van der Waals surface area (Å²) in [5, 5.41) is 12.3. The predicted octanol–water partition coefficient (Wildman–Crippen LogP) is 1.40. The molecule has 0 aromatic carbocycles. The minimum absolute atomic E-state index is 0.181. The first kappa shape index (κ1) is 14.1. The van der Waals surface area contributed by atoms with Crippen LogP contribution in [-0.4, -0.2) is 25.4 Å². The summed E-state index contributed by atoms with van der Waals surface area (Å²) in [4.78, 5) is 22.9. The summed E-state index contributed by atoms with van der Waals surface area (Å²) in [6.45, 7) is 1.21. The van der Waals surface area contributed by atoms with E-state index in [1.54, 1.807) is 0 Å². The second-order valence-corrected chi connectivity index (χ2v) is 4.28. The molecule has 0 bridgehead atoms. The van der Waals surface area contributed by atoms with Gasteiger partial charge in [-0.05, 0) is 6.92 Å². The Kier molecular flexibility index (Phi) is 3.07. The minimum atomic E-state index is -4.72. The van der Waals surface area contributed by atoms with Crippen molar-refractivity contribution in [2.24, 2.45) is 7.05 Å². The zero-order valence-electron chi connectivity index (χ0n) is 10.5. The molecule has 0 aliphatic heterocycles. The van der Waals surface area contributed by atoms with Crippen LogP contribution in [0.1, 0.15) is 18.5 Å². The third-order valence-corrected chi connectivity index (χ3v) is 2.98. The van der Waals surface area contributed by atoms with Gasteiger partial charge in [-0.15, -0.1) is 0 Å². The fraction of sp³-hybridized carbons (Fsp3) is 0.364. The Balaban J connectivity index is 2.93. The normalized spacial score (nSPS) is 13.7. The van der Waals surface area contributed by atoms with Crippen LogP contribution in [0.2, 0.25) is 0 Å². The molecular formula is C11H10F3N3O3. The molecule has 1 atom stereocenters. The van der Waals surface area contributed by atoms with Crippen molar-refractivity contribution < 1.29 is 23.1 Å². The number of hydrogen-bond donors (Lipinski definition) is 1. The highest BCUT2D eigenvalue weighted by Gasteiger charge is 2.35. The average molecular weight is 289 g/mol. The first-order valence-electron chi connectivity index (χ1n) is 5.52. The van der Waals surface area contributed by atoms with E-state index >= 15 is 0 Å². The van der Waals surface area contributed by atoms with Crippen LogP contribution < -0.4 is 5.56 Å². The predicted molar refractivity (Wildman–Crippen MR) is 62.3 cm³/mol. The van der Waals surface area contributed by atoms with Gasteiger partial charge in [0.1, 0.15) is 11.7 Å². The second kappa shape index (κ2) is 4.36. The number of carboxylic acid groups (broad SMARTS) is 1. The monoisotopic (exact) mass is 289 g/mol. The topological polar surface area (TPSA) is 77.1 Å². The van der Waals surface area contributed by atoms with E-state index in [-0.39, 0.29) is 11.0 Å². The quantitative estimate of drug-likeness (QED) is 0.906. The first-order valence-corrected chi connectivity index (χ1v) is 5.52. The maximum atomic E-state index is 12.9. The van der Waals surface area contributed by atoms with Crippen LogP contribution in [0.4, 0.5) is 13.2 Å². The highest BCUT2D eigenvalue weighted by Crippen LogP contribution is 2.34. The van der Waals surface area contributed by atoms with Gasteiger partial charge in [0.25, 0.3) is 5.56 Å². The molecule has 2 aromatic rings. The Morgan fingerprint density at radius 2 is 2.05 bits per heavy atom. The van der Waals surface area contributed by atoms with Crippen molar-refractivity contribution >= 4 is 17.0 Å². The van der Waals surface area contributed by atoms with E-state index < -0.39 is 29.3 Å². The van der Waals surface area contributed by atoms with E-state index in [2.05, 4.69) is 5.10 Å². The lowest BCUT2D eigenvalue weighted by molar-refractivity contribution is -0.140. The van der Waals surface area contributed by atoms with Gasteiger partial charge in [0, 0.05) is 18.5 Å². The highest BCUT2D eigenvalue weighted by molar-refractivity contribution is 5.82. The molecule has 2 heterocycles. The molecule has 0 spiro atoms. The van der Waals surface area contributed by atoms with Crippen molar-refractivity contribution in [1.29, 1.82) is 0 Å². The van der Waals surface area contributed by atoms with Gasteiger partial charge in [-0.1, -0.05) is 0 Å². The van der Waals surface area contributed by atoms with Crippen molar-refractivity contribution in [3.63, 3.8) is 0 Å². The number of rotatable bonds is 2. The summed E-state index contributed by atoms with van der Waals surface area (Å²) in [5.74, 6) is -1.32. The van der Waals surface area contributed by atoms with E-state index in [4.69, 9.17) is 5.11 Å². The Morgan fingerprint density at radius 3 is 2.55 bits per heavy atom. The Bertz CT molecular complexity index is 745. The smallest absolute Gasteiger partial charge is 0.417 e. The van der Waals surface area contributed by atoms with Gasteiger partial charge in [0.05, 0.1) is 11.8 Å². The number of hydrogen-bond acceptors (Lipinski definition) is 3. The number of carbonyl (C=O) groups is 1. The van der Waals surface area contributed by atoms with Crippen LogP contribution in [0.25, 0.3) is 11.0 Å². The molecule has 1 N–H and O–H groups in total. The lowest BCUT2D eigenvalue weighted by atomic mass is 10.1. The zero-order valence-corrected chi connectivity index (χ0v) is 10.5. The fourth-order valence-electron chi connectivity index (χ4n) is 2.00. The maximum Gasteiger partial charge on any atom is 0.417 e. The Labute approximate surface area is 110 Å². The van der Waals surface area contributed by atoms with Gasteiger partial charge in [-0.3, -0.25) is 14.0 Å². The molecule has 0 radical (unpaired) electrons. The molecule has 0 fully saturated rings. The van der Waals surface area contributed by atoms with E-state index in [1.165, 1.54) is 14.0 Å². The molecule has 108 valence electrons. The fourth-order valence-corrected chi connectivity index (χ4v) is 2.00. The van der Waals surface area contributed by atoms with Crippen molar-refractivity contribution in [3.8, 4) is 0 Å². The summed E-state index contributed by atoms with van der Waals surface area (Å²) >= 11 is 0. The molecule has 0 saturated carbocycles. The second-order valence-electron chi connectivity index (χ2n) is 4.28. The maximum absolute atomic E-state index is 12.9. The SMILES string of the molecule is CC(C(=O)O)n1c(=O)cc(C(F)(F)F)c2cnn(C)c21. The molecule has 0 saturated heterocycles. The Morgan fingerprint density at radius 1 is 1.45 bits per heavy atom. The van der Waals surface area contributed by atoms with Gasteiger partial charge in [0.15, 0.2) is 0 Å². The van der Waals surface area contributed by atoms with Crippen molar-refractivity contribution in [2.75, 3.05) is 0 Å². The van der Waals surface area contributed by atoms with Crippen LogP contribution in [0.15, 0.2) is 17.1 Å². The zero-order chi connectivity index (χ0) is 15.2. The number of carboxylic acids is 1. The summed E-state index contributed by atoms with van der Waals surface area (Å²) in [6.07, 6.45) is -3.76. The number of aliphatic carboxylic acids is 1. The molecule has 2 aromatic heterocycles. The third kappa shape index (κ3) is 2.04. The van der Waals surface area contributed by atoms with Crippen LogP contribution in [0.5, 0.6) is 0 Å². The van der Waals surface area contributed by atoms with Crippen LogP contribution in [0.3, 0.4) is 0 Å². The third-order valence-electron chi connectivity index (χ3n) is 2.98. The van der Waals surface area contributed by atoms with E-state index in [0.29, 0.717) is 6.07 Å². The van der Waals surface area contributed by atoms with E-state index in [9.17, 15) is 22.8 Å². The lowest BCUT2D eigenvalue weighted by Gasteiger charge is -2.15.